The summed E-state index contributed by atoms with van der Waals surface area (Å²) in [5, 5.41) is 9.63. The molecule has 0 spiro atoms. The van der Waals surface area contributed by atoms with Gasteiger partial charge in [0, 0.05) is 28.7 Å². The average Bonchev–Trinajstić information content (AvgIpc) is 3.19. The highest BCUT2D eigenvalue weighted by Gasteiger charge is 2.27. The minimum Gasteiger partial charge on any atom is -0.321 e. The number of fused-ring (bicyclic) bond motifs is 3. The van der Waals surface area contributed by atoms with Gasteiger partial charge in [-0.2, -0.15) is 5.10 Å². The zero-order valence-corrected chi connectivity index (χ0v) is 14.6. The van der Waals surface area contributed by atoms with Gasteiger partial charge in [-0.05, 0) is 48.4 Å². The molecule has 24 heavy (non-hydrogen) atoms. The van der Waals surface area contributed by atoms with E-state index in [0.717, 1.165) is 36.2 Å². The molecule has 122 valence electrons. The Morgan fingerprint density at radius 1 is 1.33 bits per heavy atom. The van der Waals surface area contributed by atoms with Gasteiger partial charge < -0.3 is 5.32 Å². The number of benzene rings is 1. The van der Waals surface area contributed by atoms with Crippen LogP contribution in [0.25, 0.3) is 11.3 Å². The summed E-state index contributed by atoms with van der Waals surface area (Å²) in [6.07, 6.45) is 2.80. The highest BCUT2D eigenvalue weighted by atomic mass is 32.1. The smallest absolute Gasteiger partial charge is 0.276 e. The number of carbonyl (C=O) groups is 1. The van der Waals surface area contributed by atoms with Crippen LogP contribution in [0, 0.1) is 0 Å². The lowest BCUT2D eigenvalue weighted by atomic mass is 9.94. The summed E-state index contributed by atoms with van der Waals surface area (Å²) in [7, 11) is 1.92. The van der Waals surface area contributed by atoms with Crippen LogP contribution < -0.4 is 5.32 Å². The van der Waals surface area contributed by atoms with E-state index in [1.165, 1.54) is 16.0 Å². The first-order valence-electron chi connectivity index (χ1n) is 8.20. The van der Waals surface area contributed by atoms with Gasteiger partial charge in [-0.15, -0.1) is 11.3 Å². The first kappa shape index (κ1) is 15.1. The second kappa shape index (κ2) is 5.91. The molecule has 1 amide bonds. The summed E-state index contributed by atoms with van der Waals surface area (Å²) < 4.78 is 1.84. The maximum atomic E-state index is 12.8. The zero-order chi connectivity index (χ0) is 16.7. The fourth-order valence-electron chi connectivity index (χ4n) is 3.37. The molecule has 2 aromatic heterocycles. The molecular weight excluding hydrogens is 318 g/mol. The predicted octanol–water partition coefficient (Wildman–Crippen LogP) is 4.06. The molecule has 0 saturated heterocycles. The first-order chi connectivity index (χ1) is 11.7. The number of rotatable bonds is 3. The van der Waals surface area contributed by atoms with Gasteiger partial charge in [-0.3, -0.25) is 9.48 Å². The molecule has 4 rings (SSSR count). The summed E-state index contributed by atoms with van der Waals surface area (Å²) in [4.78, 5) is 14.1. The van der Waals surface area contributed by atoms with Crippen LogP contribution in [0.2, 0.25) is 0 Å². The van der Waals surface area contributed by atoms with E-state index < -0.39 is 0 Å². The zero-order valence-electron chi connectivity index (χ0n) is 13.8. The molecule has 2 heterocycles. The molecule has 0 bridgehead atoms. The third-order valence-electron chi connectivity index (χ3n) is 4.56. The number of thiophene rings is 1. The fraction of sp³-hybridized carbons (Fsp3) is 0.263. The molecule has 4 nitrogen and oxygen atoms in total. The Balaban J connectivity index is 1.68. The third-order valence-corrected chi connectivity index (χ3v) is 5.54. The van der Waals surface area contributed by atoms with Gasteiger partial charge in [0.2, 0.25) is 0 Å². The predicted molar refractivity (Wildman–Crippen MR) is 97.7 cm³/mol. The van der Waals surface area contributed by atoms with Crippen LogP contribution in [0.15, 0.2) is 35.7 Å². The fourth-order valence-corrected chi connectivity index (χ4v) is 4.25. The number of carbonyl (C=O) groups excluding carboxylic acids is 1. The van der Waals surface area contributed by atoms with Crippen LogP contribution in [-0.4, -0.2) is 15.7 Å². The summed E-state index contributed by atoms with van der Waals surface area (Å²) in [6.45, 7) is 2.11. The quantitative estimate of drug-likeness (QED) is 0.783. The molecule has 1 aliphatic rings. The van der Waals surface area contributed by atoms with Gasteiger partial charge in [-0.25, -0.2) is 0 Å². The van der Waals surface area contributed by atoms with Crippen molar-refractivity contribution in [2.24, 2.45) is 7.05 Å². The Bertz CT molecular complexity index is 923. The van der Waals surface area contributed by atoms with E-state index in [2.05, 4.69) is 34.9 Å². The molecule has 1 aromatic carbocycles. The van der Waals surface area contributed by atoms with Crippen molar-refractivity contribution in [3.05, 3.63) is 57.4 Å². The normalized spacial score (nSPS) is 12.6. The second-order valence-corrected chi connectivity index (χ2v) is 7.07. The van der Waals surface area contributed by atoms with E-state index in [9.17, 15) is 4.79 Å². The van der Waals surface area contributed by atoms with E-state index >= 15 is 0 Å². The summed E-state index contributed by atoms with van der Waals surface area (Å²) >= 11 is 1.78. The Hall–Kier alpha value is -2.40. The molecule has 1 N–H and O–H groups in total. The van der Waals surface area contributed by atoms with Crippen molar-refractivity contribution < 1.29 is 4.79 Å². The van der Waals surface area contributed by atoms with E-state index in [4.69, 9.17) is 0 Å². The van der Waals surface area contributed by atoms with Crippen LogP contribution in [0.1, 0.15) is 33.4 Å². The van der Waals surface area contributed by atoms with Crippen LogP contribution in [0.4, 0.5) is 5.69 Å². The average molecular weight is 337 g/mol. The number of hydrogen-bond donors (Lipinski definition) is 1. The molecule has 0 aliphatic heterocycles. The molecule has 0 fully saturated rings. The highest BCUT2D eigenvalue weighted by Crippen LogP contribution is 2.37. The lowest BCUT2D eigenvalue weighted by molar-refractivity contribution is 0.102. The van der Waals surface area contributed by atoms with Crippen molar-refractivity contribution >= 4 is 22.9 Å². The number of anilines is 1. The first-order valence-corrected chi connectivity index (χ1v) is 9.08. The topological polar surface area (TPSA) is 46.9 Å². The van der Waals surface area contributed by atoms with E-state index in [1.54, 1.807) is 11.3 Å². The van der Waals surface area contributed by atoms with Gasteiger partial charge in [0.15, 0.2) is 5.69 Å². The number of nitrogens with zero attached hydrogens (tertiary/aromatic N) is 2. The molecule has 0 radical (unpaired) electrons. The molecule has 0 atom stereocenters. The minimum atomic E-state index is -0.126. The Kier molecular flexibility index (Phi) is 3.73. The molecule has 0 unspecified atom stereocenters. The van der Waals surface area contributed by atoms with Crippen molar-refractivity contribution in [2.45, 2.75) is 26.2 Å². The molecular formula is C19H19N3OS. The van der Waals surface area contributed by atoms with Crippen LogP contribution >= 0.6 is 11.3 Å². The van der Waals surface area contributed by atoms with Crippen molar-refractivity contribution in [1.82, 2.24) is 9.78 Å². The van der Waals surface area contributed by atoms with E-state index in [-0.39, 0.29) is 5.91 Å². The van der Waals surface area contributed by atoms with Crippen molar-refractivity contribution in [3.63, 3.8) is 0 Å². The van der Waals surface area contributed by atoms with Crippen molar-refractivity contribution in [2.75, 3.05) is 5.32 Å². The summed E-state index contributed by atoms with van der Waals surface area (Å²) in [5.41, 5.74) is 5.96. The Morgan fingerprint density at radius 3 is 3.04 bits per heavy atom. The second-order valence-electron chi connectivity index (χ2n) is 6.06. The molecule has 3 aromatic rings. The number of aromatic nitrogens is 2. The monoisotopic (exact) mass is 337 g/mol. The number of aryl methyl sites for hydroxylation is 3. The summed E-state index contributed by atoms with van der Waals surface area (Å²) in [6, 6.07) is 10.1. The number of amides is 1. The van der Waals surface area contributed by atoms with E-state index in [1.807, 2.05) is 29.9 Å². The number of hydrogen-bond acceptors (Lipinski definition) is 3. The summed E-state index contributed by atoms with van der Waals surface area (Å²) in [5.74, 6) is -0.126. The minimum absolute atomic E-state index is 0.126. The molecule has 5 heteroatoms. The van der Waals surface area contributed by atoms with Gasteiger partial charge in [0.05, 0.1) is 5.69 Å². The maximum absolute atomic E-state index is 12.8. The van der Waals surface area contributed by atoms with Gasteiger partial charge in [0.25, 0.3) is 5.91 Å². The van der Waals surface area contributed by atoms with Crippen LogP contribution in [0.3, 0.4) is 0 Å². The Labute approximate surface area is 145 Å². The SMILES string of the molecule is CCc1cccc(NC(=O)c2nn(C)c3c2CCc2sccc2-3)c1. The standard InChI is InChI=1S/C19H19N3OS/c1-3-12-5-4-6-13(11-12)20-19(23)17-15-7-8-16-14(9-10-24-16)18(15)22(2)21-17/h4-6,9-11H,3,7-8H2,1-2H3,(H,20,23). The van der Waals surface area contributed by atoms with Gasteiger partial charge in [-0.1, -0.05) is 19.1 Å². The lowest BCUT2D eigenvalue weighted by Gasteiger charge is -2.13. The molecule has 0 saturated carbocycles. The molecule has 1 aliphatic carbocycles. The van der Waals surface area contributed by atoms with Crippen molar-refractivity contribution in [1.29, 1.82) is 0 Å². The van der Waals surface area contributed by atoms with Gasteiger partial charge >= 0.3 is 0 Å². The Morgan fingerprint density at radius 2 is 2.21 bits per heavy atom. The largest absolute Gasteiger partial charge is 0.321 e. The lowest BCUT2D eigenvalue weighted by Crippen LogP contribution is -2.15. The van der Waals surface area contributed by atoms with E-state index in [0.29, 0.717) is 5.69 Å². The van der Waals surface area contributed by atoms with Crippen LogP contribution in [-0.2, 0) is 26.3 Å². The van der Waals surface area contributed by atoms with Crippen molar-refractivity contribution in [3.8, 4) is 11.3 Å². The third kappa shape index (κ3) is 2.45. The highest BCUT2D eigenvalue weighted by molar-refractivity contribution is 7.10. The van der Waals surface area contributed by atoms with Gasteiger partial charge in [0.1, 0.15) is 0 Å². The van der Waals surface area contributed by atoms with Crippen LogP contribution in [0.5, 0.6) is 0 Å². The number of nitrogens with one attached hydrogen (secondary N) is 1. The maximum Gasteiger partial charge on any atom is 0.276 e.